The van der Waals surface area contributed by atoms with E-state index in [1.54, 1.807) is 30.8 Å². The fraction of sp³-hybridized carbons (Fsp3) is 0.429. The van der Waals surface area contributed by atoms with Crippen LogP contribution in [0.15, 0.2) is 12.4 Å². The number of halogens is 1. The minimum atomic E-state index is -0.842. The maximum atomic E-state index is 10.5. The van der Waals surface area contributed by atoms with Gasteiger partial charge in [0.05, 0.1) is 0 Å². The quantitative estimate of drug-likeness (QED) is 0.764. The second kappa shape index (κ2) is 4.11. The maximum absolute atomic E-state index is 10.5. The van der Waals surface area contributed by atoms with Crippen LogP contribution < -0.4 is 0 Å². The van der Waals surface area contributed by atoms with Crippen LogP contribution in [-0.4, -0.2) is 20.6 Å². The number of carbonyl (C=O) groups is 1. The van der Waals surface area contributed by atoms with Gasteiger partial charge in [0.25, 0.3) is 0 Å². The molecule has 1 unspecified atom stereocenters. The van der Waals surface area contributed by atoms with Gasteiger partial charge in [-0.25, -0.2) is 9.78 Å². The summed E-state index contributed by atoms with van der Waals surface area (Å²) in [4.78, 5) is 14.4. The zero-order valence-electron chi connectivity index (χ0n) is 6.89. The highest BCUT2D eigenvalue weighted by atomic mass is 35.5. The van der Waals surface area contributed by atoms with Gasteiger partial charge >= 0.3 is 5.97 Å². The van der Waals surface area contributed by atoms with Gasteiger partial charge in [-0.05, 0) is 13.8 Å². The lowest BCUT2D eigenvalue weighted by molar-refractivity contribution is -0.140. The van der Waals surface area contributed by atoms with E-state index in [0.717, 1.165) is 5.82 Å². The van der Waals surface area contributed by atoms with Gasteiger partial charge in [0.2, 0.25) is 0 Å². The SMILES string of the molecule is Cc1nccn1C(C)C(=O)O.Cl. The van der Waals surface area contributed by atoms with Crippen molar-refractivity contribution in [3.8, 4) is 0 Å². The Morgan fingerprint density at radius 2 is 2.33 bits per heavy atom. The molecule has 0 aliphatic heterocycles. The first-order chi connectivity index (χ1) is 5.13. The summed E-state index contributed by atoms with van der Waals surface area (Å²) in [6.45, 7) is 3.40. The average molecular weight is 191 g/mol. The van der Waals surface area contributed by atoms with Crippen molar-refractivity contribution in [2.45, 2.75) is 19.9 Å². The number of carboxylic acid groups (broad SMARTS) is 1. The summed E-state index contributed by atoms with van der Waals surface area (Å²) in [7, 11) is 0. The Morgan fingerprint density at radius 3 is 2.67 bits per heavy atom. The fourth-order valence-corrected chi connectivity index (χ4v) is 0.916. The van der Waals surface area contributed by atoms with Crippen LogP contribution in [0.4, 0.5) is 0 Å². The molecule has 5 heteroatoms. The molecule has 68 valence electrons. The van der Waals surface area contributed by atoms with Gasteiger partial charge in [0.1, 0.15) is 11.9 Å². The third-order valence-electron chi connectivity index (χ3n) is 1.64. The summed E-state index contributed by atoms with van der Waals surface area (Å²) in [5, 5.41) is 8.63. The molecule has 0 aromatic carbocycles. The third kappa shape index (κ3) is 1.98. The first-order valence-electron chi connectivity index (χ1n) is 3.35. The lowest BCUT2D eigenvalue weighted by Crippen LogP contribution is -2.15. The van der Waals surface area contributed by atoms with E-state index < -0.39 is 12.0 Å². The molecule has 0 amide bonds. The molecule has 0 aliphatic rings. The molecule has 1 aromatic heterocycles. The number of aliphatic carboxylic acids is 1. The number of hydrogen-bond donors (Lipinski definition) is 1. The first kappa shape index (κ1) is 11.0. The Morgan fingerprint density at radius 1 is 1.75 bits per heavy atom. The fourth-order valence-electron chi connectivity index (χ4n) is 0.916. The lowest BCUT2D eigenvalue weighted by Gasteiger charge is -2.08. The molecule has 0 bridgehead atoms. The van der Waals surface area contributed by atoms with Gasteiger partial charge in [-0.3, -0.25) is 0 Å². The van der Waals surface area contributed by atoms with Gasteiger partial charge in [-0.2, -0.15) is 0 Å². The predicted octanol–water partition coefficient (Wildman–Crippen LogP) is 1.26. The van der Waals surface area contributed by atoms with Gasteiger partial charge in [-0.1, -0.05) is 0 Å². The van der Waals surface area contributed by atoms with Crippen molar-refractivity contribution < 1.29 is 9.90 Å². The van der Waals surface area contributed by atoms with E-state index in [1.807, 2.05) is 0 Å². The van der Waals surface area contributed by atoms with Crippen LogP contribution in [0.2, 0.25) is 0 Å². The van der Waals surface area contributed by atoms with E-state index in [9.17, 15) is 4.79 Å². The minimum absolute atomic E-state index is 0. The summed E-state index contributed by atoms with van der Waals surface area (Å²) in [6.07, 6.45) is 3.25. The Kier molecular flexibility index (Phi) is 3.76. The summed E-state index contributed by atoms with van der Waals surface area (Å²) < 4.78 is 1.61. The van der Waals surface area contributed by atoms with Gasteiger partial charge in [-0.15, -0.1) is 12.4 Å². The van der Waals surface area contributed by atoms with Crippen molar-refractivity contribution in [2.75, 3.05) is 0 Å². The molecule has 0 radical (unpaired) electrons. The standard InChI is InChI=1S/C7H10N2O2.ClH/c1-5(7(10)11)9-4-3-8-6(9)2;/h3-5H,1-2H3,(H,10,11);1H. The molecule has 1 N–H and O–H groups in total. The molecule has 1 rings (SSSR count). The van der Waals surface area contributed by atoms with E-state index >= 15 is 0 Å². The van der Waals surface area contributed by atoms with Crippen molar-refractivity contribution in [2.24, 2.45) is 0 Å². The van der Waals surface area contributed by atoms with Crippen LogP contribution >= 0.6 is 12.4 Å². The Labute approximate surface area is 76.6 Å². The van der Waals surface area contributed by atoms with Crippen LogP contribution in [0.3, 0.4) is 0 Å². The van der Waals surface area contributed by atoms with Crippen molar-refractivity contribution >= 4 is 18.4 Å². The van der Waals surface area contributed by atoms with Crippen LogP contribution in [0.1, 0.15) is 18.8 Å². The molecule has 1 atom stereocenters. The largest absolute Gasteiger partial charge is 0.480 e. The average Bonchev–Trinajstić information content (AvgIpc) is 2.33. The molecule has 0 saturated heterocycles. The molecule has 1 heterocycles. The summed E-state index contributed by atoms with van der Waals surface area (Å²) >= 11 is 0. The highest BCUT2D eigenvalue weighted by molar-refractivity contribution is 5.85. The molecule has 0 fully saturated rings. The van der Waals surface area contributed by atoms with Crippen LogP contribution in [-0.2, 0) is 4.79 Å². The van der Waals surface area contributed by atoms with E-state index in [4.69, 9.17) is 5.11 Å². The van der Waals surface area contributed by atoms with E-state index in [2.05, 4.69) is 4.98 Å². The van der Waals surface area contributed by atoms with Crippen LogP contribution in [0.5, 0.6) is 0 Å². The zero-order chi connectivity index (χ0) is 8.43. The van der Waals surface area contributed by atoms with Gasteiger partial charge in [0.15, 0.2) is 0 Å². The van der Waals surface area contributed by atoms with Crippen molar-refractivity contribution in [3.05, 3.63) is 18.2 Å². The number of hydrogen-bond acceptors (Lipinski definition) is 2. The molecule has 0 spiro atoms. The normalized spacial score (nSPS) is 11.8. The summed E-state index contributed by atoms with van der Waals surface area (Å²) in [5.74, 6) is -0.119. The summed E-state index contributed by atoms with van der Waals surface area (Å²) in [6, 6.07) is -0.530. The smallest absolute Gasteiger partial charge is 0.326 e. The van der Waals surface area contributed by atoms with Crippen molar-refractivity contribution in [3.63, 3.8) is 0 Å². The number of aromatic nitrogens is 2. The maximum Gasteiger partial charge on any atom is 0.326 e. The second-order valence-corrected chi connectivity index (χ2v) is 2.40. The second-order valence-electron chi connectivity index (χ2n) is 2.40. The van der Waals surface area contributed by atoms with Gasteiger partial charge < -0.3 is 9.67 Å². The topological polar surface area (TPSA) is 55.1 Å². The third-order valence-corrected chi connectivity index (χ3v) is 1.64. The molecule has 0 saturated carbocycles. The van der Waals surface area contributed by atoms with E-state index in [-0.39, 0.29) is 12.4 Å². The van der Waals surface area contributed by atoms with Crippen LogP contribution in [0.25, 0.3) is 0 Å². The minimum Gasteiger partial charge on any atom is -0.480 e. The number of aryl methyl sites for hydroxylation is 1. The number of carboxylic acids is 1. The zero-order valence-corrected chi connectivity index (χ0v) is 7.71. The van der Waals surface area contributed by atoms with Crippen LogP contribution in [0, 0.1) is 6.92 Å². The Hall–Kier alpha value is -1.03. The number of rotatable bonds is 2. The van der Waals surface area contributed by atoms with E-state index in [1.165, 1.54) is 0 Å². The van der Waals surface area contributed by atoms with E-state index in [0.29, 0.717) is 0 Å². The molecule has 12 heavy (non-hydrogen) atoms. The highest BCUT2D eigenvalue weighted by Gasteiger charge is 2.13. The molecule has 1 aromatic rings. The number of imidazole rings is 1. The monoisotopic (exact) mass is 190 g/mol. The predicted molar refractivity (Wildman–Crippen MR) is 46.6 cm³/mol. The molecule has 0 aliphatic carbocycles. The first-order valence-corrected chi connectivity index (χ1v) is 3.35. The molecule has 4 nitrogen and oxygen atoms in total. The Bertz CT molecular complexity index is 272. The van der Waals surface area contributed by atoms with Crippen molar-refractivity contribution in [1.29, 1.82) is 0 Å². The molecular weight excluding hydrogens is 180 g/mol. The van der Waals surface area contributed by atoms with Crippen molar-refractivity contribution in [1.82, 2.24) is 9.55 Å². The molecular formula is C7H11ClN2O2. The lowest BCUT2D eigenvalue weighted by atomic mass is 10.3. The van der Waals surface area contributed by atoms with Gasteiger partial charge in [0, 0.05) is 12.4 Å². The highest BCUT2D eigenvalue weighted by Crippen LogP contribution is 2.07. The number of nitrogens with zero attached hydrogens (tertiary/aromatic N) is 2. The Balaban J connectivity index is 0.00000121. The summed E-state index contributed by atoms with van der Waals surface area (Å²) in [5.41, 5.74) is 0.